The Morgan fingerprint density at radius 1 is 1.62 bits per heavy atom. The van der Waals surface area contributed by atoms with Crippen molar-refractivity contribution < 1.29 is 18.7 Å². The minimum Gasteiger partial charge on any atom is -0.481 e. The standard InChI is InChI=1S/C9H11ClF2N2O2/c1-4(3-6(15)16)14-5(2)7(10)8(13-14)9(11)12/h4,9H,3H2,1-2H3,(H,15,16). The number of hydrogen-bond acceptors (Lipinski definition) is 2. The van der Waals surface area contributed by atoms with Crippen molar-refractivity contribution in [2.24, 2.45) is 0 Å². The van der Waals surface area contributed by atoms with Crippen LogP contribution in [-0.4, -0.2) is 20.9 Å². The number of carboxylic acids is 1. The Bertz CT molecular complexity index is 406. The van der Waals surface area contributed by atoms with Crippen molar-refractivity contribution in [1.29, 1.82) is 0 Å². The van der Waals surface area contributed by atoms with Crippen LogP contribution in [0.2, 0.25) is 5.02 Å². The topological polar surface area (TPSA) is 55.1 Å². The average molecular weight is 253 g/mol. The predicted octanol–water partition coefficient (Wildman–Crippen LogP) is 2.82. The largest absolute Gasteiger partial charge is 0.481 e. The second-order valence-electron chi connectivity index (χ2n) is 3.48. The molecule has 0 aliphatic carbocycles. The molecule has 0 aliphatic rings. The van der Waals surface area contributed by atoms with E-state index in [1.165, 1.54) is 11.6 Å². The van der Waals surface area contributed by atoms with Gasteiger partial charge in [-0.05, 0) is 13.8 Å². The Hall–Kier alpha value is -1.17. The van der Waals surface area contributed by atoms with Gasteiger partial charge < -0.3 is 5.11 Å². The van der Waals surface area contributed by atoms with E-state index < -0.39 is 24.1 Å². The Morgan fingerprint density at radius 2 is 2.19 bits per heavy atom. The quantitative estimate of drug-likeness (QED) is 0.896. The number of carbonyl (C=O) groups is 1. The van der Waals surface area contributed by atoms with Crippen LogP contribution in [0, 0.1) is 6.92 Å². The molecule has 0 saturated heterocycles. The van der Waals surface area contributed by atoms with Crippen LogP contribution in [0.3, 0.4) is 0 Å². The molecular formula is C9H11ClF2N2O2. The Kier molecular flexibility index (Phi) is 3.85. The first-order chi connectivity index (χ1) is 7.34. The van der Waals surface area contributed by atoms with Crippen molar-refractivity contribution in [3.05, 3.63) is 16.4 Å². The van der Waals surface area contributed by atoms with Gasteiger partial charge in [0.1, 0.15) is 5.69 Å². The van der Waals surface area contributed by atoms with Gasteiger partial charge in [-0.15, -0.1) is 0 Å². The highest BCUT2D eigenvalue weighted by molar-refractivity contribution is 6.31. The van der Waals surface area contributed by atoms with Crippen LogP contribution in [0.1, 0.15) is 37.2 Å². The number of alkyl halides is 2. The van der Waals surface area contributed by atoms with E-state index in [2.05, 4.69) is 5.10 Å². The molecule has 1 aromatic rings. The van der Waals surface area contributed by atoms with E-state index in [-0.39, 0.29) is 11.4 Å². The summed E-state index contributed by atoms with van der Waals surface area (Å²) in [4.78, 5) is 10.5. The summed E-state index contributed by atoms with van der Waals surface area (Å²) in [6, 6.07) is -0.512. The highest BCUT2D eigenvalue weighted by atomic mass is 35.5. The minimum absolute atomic E-state index is 0.104. The van der Waals surface area contributed by atoms with E-state index in [1.807, 2.05) is 0 Å². The maximum atomic E-state index is 12.5. The molecule has 1 N–H and O–H groups in total. The predicted molar refractivity (Wildman–Crippen MR) is 53.9 cm³/mol. The molecule has 1 heterocycles. The van der Waals surface area contributed by atoms with Gasteiger partial charge in [-0.3, -0.25) is 9.48 Å². The lowest BCUT2D eigenvalue weighted by Crippen LogP contribution is -2.13. The van der Waals surface area contributed by atoms with Crippen LogP contribution in [0.15, 0.2) is 0 Å². The summed E-state index contributed by atoms with van der Waals surface area (Å²) in [5.74, 6) is -1.02. The molecule has 1 rings (SSSR count). The van der Waals surface area contributed by atoms with E-state index in [9.17, 15) is 13.6 Å². The third-order valence-electron chi connectivity index (χ3n) is 2.20. The van der Waals surface area contributed by atoms with Crippen LogP contribution in [0.5, 0.6) is 0 Å². The third-order valence-corrected chi connectivity index (χ3v) is 2.66. The Morgan fingerprint density at radius 3 is 2.56 bits per heavy atom. The fraction of sp³-hybridized carbons (Fsp3) is 0.556. The van der Waals surface area contributed by atoms with Crippen LogP contribution in [0.4, 0.5) is 8.78 Å². The van der Waals surface area contributed by atoms with Gasteiger partial charge in [0.05, 0.1) is 23.2 Å². The summed E-state index contributed by atoms with van der Waals surface area (Å²) in [6.07, 6.45) is -2.95. The summed E-state index contributed by atoms with van der Waals surface area (Å²) in [7, 11) is 0. The number of aliphatic carboxylic acids is 1. The first kappa shape index (κ1) is 12.9. The molecule has 0 saturated carbocycles. The second kappa shape index (κ2) is 4.78. The first-order valence-corrected chi connectivity index (χ1v) is 4.96. The molecule has 0 amide bonds. The summed E-state index contributed by atoms with van der Waals surface area (Å²) < 4.78 is 26.2. The van der Waals surface area contributed by atoms with Gasteiger partial charge in [0.2, 0.25) is 0 Å². The van der Waals surface area contributed by atoms with Crippen LogP contribution < -0.4 is 0 Å². The van der Waals surface area contributed by atoms with Crippen LogP contribution >= 0.6 is 11.6 Å². The smallest absolute Gasteiger partial charge is 0.305 e. The van der Waals surface area contributed by atoms with Gasteiger partial charge in [-0.2, -0.15) is 5.10 Å². The molecule has 0 bridgehead atoms. The summed E-state index contributed by atoms with van der Waals surface area (Å²) in [5.41, 5.74) is -0.151. The van der Waals surface area contributed by atoms with Crippen molar-refractivity contribution in [2.45, 2.75) is 32.7 Å². The lowest BCUT2D eigenvalue weighted by molar-refractivity contribution is -0.137. The highest BCUT2D eigenvalue weighted by Crippen LogP contribution is 2.30. The number of halogens is 3. The molecule has 90 valence electrons. The summed E-state index contributed by atoms with van der Waals surface area (Å²) in [5, 5.41) is 12.1. The van der Waals surface area contributed by atoms with Gasteiger partial charge in [0.15, 0.2) is 0 Å². The lowest BCUT2D eigenvalue weighted by Gasteiger charge is -2.11. The fourth-order valence-corrected chi connectivity index (χ4v) is 1.64. The second-order valence-corrected chi connectivity index (χ2v) is 3.85. The van der Waals surface area contributed by atoms with Crippen molar-refractivity contribution in [3.63, 3.8) is 0 Å². The molecule has 0 aromatic carbocycles. The molecule has 0 fully saturated rings. The SMILES string of the molecule is Cc1c(Cl)c(C(F)F)nn1C(C)CC(=O)O. The van der Waals surface area contributed by atoms with E-state index in [0.29, 0.717) is 5.69 Å². The van der Waals surface area contributed by atoms with E-state index in [4.69, 9.17) is 16.7 Å². The molecule has 7 heteroatoms. The maximum absolute atomic E-state index is 12.5. The zero-order valence-electron chi connectivity index (χ0n) is 8.75. The number of rotatable bonds is 4. The van der Waals surface area contributed by atoms with Gasteiger partial charge in [-0.25, -0.2) is 8.78 Å². The van der Waals surface area contributed by atoms with E-state index >= 15 is 0 Å². The average Bonchev–Trinajstić information content (AvgIpc) is 2.43. The molecule has 1 atom stereocenters. The number of nitrogens with zero attached hydrogens (tertiary/aromatic N) is 2. The highest BCUT2D eigenvalue weighted by Gasteiger charge is 2.23. The van der Waals surface area contributed by atoms with E-state index in [0.717, 1.165) is 0 Å². The summed E-state index contributed by atoms with van der Waals surface area (Å²) >= 11 is 5.68. The van der Waals surface area contributed by atoms with Gasteiger partial charge in [0.25, 0.3) is 6.43 Å². The Balaban J connectivity index is 3.06. The maximum Gasteiger partial charge on any atom is 0.305 e. The number of carboxylic acid groups (broad SMARTS) is 1. The van der Waals surface area contributed by atoms with Gasteiger partial charge in [-0.1, -0.05) is 11.6 Å². The molecule has 0 radical (unpaired) electrons. The third kappa shape index (κ3) is 2.49. The zero-order valence-corrected chi connectivity index (χ0v) is 9.50. The van der Waals surface area contributed by atoms with Crippen molar-refractivity contribution in [1.82, 2.24) is 9.78 Å². The molecule has 0 aliphatic heterocycles. The number of aromatic nitrogens is 2. The molecular weight excluding hydrogens is 242 g/mol. The van der Waals surface area contributed by atoms with E-state index in [1.54, 1.807) is 6.92 Å². The molecule has 1 aromatic heterocycles. The zero-order chi connectivity index (χ0) is 12.5. The normalized spacial score (nSPS) is 13.1. The first-order valence-electron chi connectivity index (χ1n) is 4.59. The van der Waals surface area contributed by atoms with Crippen molar-refractivity contribution in [2.75, 3.05) is 0 Å². The molecule has 4 nitrogen and oxygen atoms in total. The summed E-state index contributed by atoms with van der Waals surface area (Å²) in [6.45, 7) is 3.11. The lowest BCUT2D eigenvalue weighted by atomic mass is 10.2. The minimum atomic E-state index is -2.76. The molecule has 16 heavy (non-hydrogen) atoms. The van der Waals surface area contributed by atoms with Crippen molar-refractivity contribution in [3.8, 4) is 0 Å². The van der Waals surface area contributed by atoms with Crippen LogP contribution in [-0.2, 0) is 4.79 Å². The van der Waals surface area contributed by atoms with Gasteiger partial charge in [0, 0.05) is 0 Å². The van der Waals surface area contributed by atoms with Gasteiger partial charge >= 0.3 is 5.97 Å². The molecule has 1 unspecified atom stereocenters. The van der Waals surface area contributed by atoms with Crippen LogP contribution in [0.25, 0.3) is 0 Å². The molecule has 0 spiro atoms. The van der Waals surface area contributed by atoms with Crippen molar-refractivity contribution >= 4 is 17.6 Å². The monoisotopic (exact) mass is 252 g/mol. The Labute approximate surface area is 95.8 Å². The fourth-order valence-electron chi connectivity index (χ4n) is 1.43. The number of hydrogen-bond donors (Lipinski definition) is 1.